The van der Waals surface area contributed by atoms with Gasteiger partial charge in [0.15, 0.2) is 0 Å². The first-order chi connectivity index (χ1) is 9.11. The van der Waals surface area contributed by atoms with Crippen molar-refractivity contribution in [1.82, 2.24) is 5.32 Å². The van der Waals surface area contributed by atoms with Crippen molar-refractivity contribution in [3.63, 3.8) is 0 Å². The number of hydrogen-bond donors (Lipinski definition) is 3. The maximum absolute atomic E-state index is 12.2. The van der Waals surface area contributed by atoms with Crippen molar-refractivity contribution >= 4 is 21.8 Å². The predicted octanol–water partition coefficient (Wildman–Crippen LogP) is 2.40. The van der Waals surface area contributed by atoms with E-state index in [9.17, 15) is 9.90 Å². The summed E-state index contributed by atoms with van der Waals surface area (Å²) < 4.78 is 0.773. The van der Waals surface area contributed by atoms with E-state index in [1.54, 1.807) is 12.1 Å². The van der Waals surface area contributed by atoms with Crippen LogP contribution >= 0.6 is 15.9 Å². The number of phenolic OH excluding ortho intramolecular Hbond substituents is 1. The second kappa shape index (κ2) is 6.39. The zero-order valence-electron chi connectivity index (χ0n) is 10.7. The van der Waals surface area contributed by atoms with E-state index >= 15 is 0 Å². The minimum Gasteiger partial charge on any atom is -0.507 e. The Kier molecular flexibility index (Phi) is 4.82. The van der Waals surface area contributed by atoms with E-state index in [0.29, 0.717) is 18.0 Å². The average Bonchev–Trinajstić information content (AvgIpc) is 2.42. The van der Waals surface area contributed by atoms with Gasteiger partial charge < -0.3 is 16.2 Å². The molecule has 19 heavy (non-hydrogen) atoms. The number of amides is 1. The molecule has 1 aromatic rings. The average molecular weight is 327 g/mol. The van der Waals surface area contributed by atoms with Gasteiger partial charge in [-0.2, -0.15) is 0 Å². The molecule has 0 radical (unpaired) electrons. The summed E-state index contributed by atoms with van der Waals surface area (Å²) >= 11 is 3.30. The van der Waals surface area contributed by atoms with Crippen molar-refractivity contribution in [3.05, 3.63) is 28.2 Å². The Balaban J connectivity index is 2.09. The molecule has 2 atom stereocenters. The molecule has 5 heteroatoms. The lowest BCUT2D eigenvalue weighted by Gasteiger charge is -2.31. The first-order valence-corrected chi connectivity index (χ1v) is 7.40. The summed E-state index contributed by atoms with van der Waals surface area (Å²) in [6.07, 6.45) is 4.32. The number of nitrogens with two attached hydrogens (primary N) is 1. The van der Waals surface area contributed by atoms with Gasteiger partial charge in [0.2, 0.25) is 0 Å². The number of phenols is 1. The minimum absolute atomic E-state index is 0.000748. The van der Waals surface area contributed by atoms with Crippen LogP contribution in [-0.2, 0) is 0 Å². The summed E-state index contributed by atoms with van der Waals surface area (Å²) in [7, 11) is 0. The molecule has 1 amide bonds. The fourth-order valence-corrected chi connectivity index (χ4v) is 2.98. The highest BCUT2D eigenvalue weighted by Crippen LogP contribution is 2.26. The maximum atomic E-state index is 12.2. The van der Waals surface area contributed by atoms with Crippen LogP contribution in [0.15, 0.2) is 22.7 Å². The summed E-state index contributed by atoms with van der Waals surface area (Å²) in [6.45, 7) is 0.593. The number of carbonyl (C=O) groups excluding carboxylic acids is 1. The van der Waals surface area contributed by atoms with Crippen LogP contribution in [0.25, 0.3) is 0 Å². The minimum atomic E-state index is -0.232. The summed E-state index contributed by atoms with van der Waals surface area (Å²) in [5.41, 5.74) is 6.06. The van der Waals surface area contributed by atoms with Gasteiger partial charge in [0.25, 0.3) is 5.91 Å². The molecule has 1 aliphatic rings. The van der Waals surface area contributed by atoms with Crippen LogP contribution in [0.5, 0.6) is 5.75 Å². The third-order valence-corrected chi connectivity index (χ3v) is 4.22. The molecule has 1 aromatic carbocycles. The zero-order valence-corrected chi connectivity index (χ0v) is 12.3. The van der Waals surface area contributed by atoms with E-state index in [1.807, 2.05) is 0 Å². The maximum Gasteiger partial charge on any atom is 0.255 e. The van der Waals surface area contributed by atoms with Gasteiger partial charge in [0, 0.05) is 10.5 Å². The fourth-order valence-electron chi connectivity index (χ4n) is 2.62. The predicted molar refractivity (Wildman–Crippen MR) is 78.1 cm³/mol. The Morgan fingerprint density at radius 1 is 1.42 bits per heavy atom. The standard InChI is InChI=1S/C14H19BrN2O2/c15-10-5-6-13(18)11(7-10)14(19)17-12-4-2-1-3-9(12)8-16/h5-7,9,12,18H,1-4,8,16H2,(H,17,19). The van der Waals surface area contributed by atoms with Crippen LogP contribution in [0.2, 0.25) is 0 Å². The summed E-state index contributed by atoms with van der Waals surface area (Å²) in [4.78, 5) is 12.2. The lowest BCUT2D eigenvalue weighted by molar-refractivity contribution is 0.0905. The fraction of sp³-hybridized carbons (Fsp3) is 0.500. The van der Waals surface area contributed by atoms with E-state index in [-0.39, 0.29) is 17.7 Å². The van der Waals surface area contributed by atoms with Gasteiger partial charge in [0.05, 0.1) is 5.56 Å². The number of carbonyl (C=O) groups is 1. The molecule has 104 valence electrons. The summed E-state index contributed by atoms with van der Waals surface area (Å²) in [5, 5.41) is 12.8. The zero-order chi connectivity index (χ0) is 13.8. The Morgan fingerprint density at radius 2 is 2.16 bits per heavy atom. The molecule has 0 heterocycles. The quantitative estimate of drug-likeness (QED) is 0.798. The number of aromatic hydroxyl groups is 1. The van der Waals surface area contributed by atoms with E-state index in [4.69, 9.17) is 5.73 Å². The van der Waals surface area contributed by atoms with Crippen LogP contribution in [0.3, 0.4) is 0 Å². The highest BCUT2D eigenvalue weighted by atomic mass is 79.9. The van der Waals surface area contributed by atoms with Crippen LogP contribution in [-0.4, -0.2) is 23.6 Å². The van der Waals surface area contributed by atoms with Crippen LogP contribution in [0.4, 0.5) is 0 Å². The Morgan fingerprint density at radius 3 is 2.89 bits per heavy atom. The molecule has 1 aliphatic carbocycles. The molecule has 4 N–H and O–H groups in total. The van der Waals surface area contributed by atoms with Crippen molar-refractivity contribution in [2.45, 2.75) is 31.7 Å². The molecular formula is C14H19BrN2O2. The highest BCUT2D eigenvalue weighted by molar-refractivity contribution is 9.10. The van der Waals surface area contributed by atoms with Gasteiger partial charge in [-0.25, -0.2) is 0 Å². The Bertz CT molecular complexity index is 465. The number of nitrogens with one attached hydrogen (secondary N) is 1. The summed E-state index contributed by atoms with van der Waals surface area (Å²) in [6, 6.07) is 4.96. The van der Waals surface area contributed by atoms with Crippen molar-refractivity contribution in [1.29, 1.82) is 0 Å². The van der Waals surface area contributed by atoms with Crippen molar-refractivity contribution < 1.29 is 9.90 Å². The van der Waals surface area contributed by atoms with Crippen LogP contribution in [0, 0.1) is 5.92 Å². The number of benzene rings is 1. The molecule has 0 bridgehead atoms. The molecule has 4 nitrogen and oxygen atoms in total. The molecule has 1 fully saturated rings. The van der Waals surface area contributed by atoms with Gasteiger partial charge in [-0.05, 0) is 43.5 Å². The third kappa shape index (κ3) is 3.48. The molecule has 0 aliphatic heterocycles. The second-order valence-corrected chi connectivity index (χ2v) is 5.94. The van der Waals surface area contributed by atoms with Crippen molar-refractivity contribution in [3.8, 4) is 5.75 Å². The second-order valence-electron chi connectivity index (χ2n) is 5.02. The normalized spacial score (nSPS) is 23.1. The Labute approximate surface area is 121 Å². The largest absolute Gasteiger partial charge is 0.507 e. The van der Waals surface area contributed by atoms with Gasteiger partial charge in [-0.1, -0.05) is 28.8 Å². The topological polar surface area (TPSA) is 75.3 Å². The van der Waals surface area contributed by atoms with E-state index in [2.05, 4.69) is 21.2 Å². The molecular weight excluding hydrogens is 308 g/mol. The van der Waals surface area contributed by atoms with Crippen molar-refractivity contribution in [2.24, 2.45) is 11.7 Å². The van der Waals surface area contributed by atoms with Gasteiger partial charge >= 0.3 is 0 Å². The first kappa shape index (κ1) is 14.3. The first-order valence-electron chi connectivity index (χ1n) is 6.61. The Hall–Kier alpha value is -1.07. The SMILES string of the molecule is NCC1CCCCC1NC(=O)c1cc(Br)ccc1O. The van der Waals surface area contributed by atoms with Gasteiger partial charge in [-0.3, -0.25) is 4.79 Å². The monoisotopic (exact) mass is 326 g/mol. The van der Waals surface area contributed by atoms with Crippen LogP contribution < -0.4 is 11.1 Å². The highest BCUT2D eigenvalue weighted by Gasteiger charge is 2.26. The molecule has 0 aromatic heterocycles. The lowest BCUT2D eigenvalue weighted by atomic mass is 9.84. The van der Waals surface area contributed by atoms with Crippen LogP contribution in [0.1, 0.15) is 36.0 Å². The number of halogens is 1. The van der Waals surface area contributed by atoms with Crippen molar-refractivity contribution in [2.75, 3.05) is 6.54 Å². The van der Waals surface area contributed by atoms with Gasteiger partial charge in [-0.15, -0.1) is 0 Å². The van der Waals surface area contributed by atoms with E-state index in [1.165, 1.54) is 12.5 Å². The molecule has 2 unspecified atom stereocenters. The third-order valence-electron chi connectivity index (χ3n) is 3.73. The molecule has 1 saturated carbocycles. The number of rotatable bonds is 3. The lowest BCUT2D eigenvalue weighted by Crippen LogP contribution is -2.44. The molecule has 0 spiro atoms. The summed E-state index contributed by atoms with van der Waals surface area (Å²) in [5.74, 6) is 0.108. The van der Waals surface area contributed by atoms with E-state index in [0.717, 1.165) is 23.7 Å². The smallest absolute Gasteiger partial charge is 0.255 e. The van der Waals surface area contributed by atoms with Gasteiger partial charge in [0.1, 0.15) is 5.75 Å². The number of hydrogen-bond acceptors (Lipinski definition) is 3. The van der Waals surface area contributed by atoms with E-state index < -0.39 is 0 Å². The molecule has 0 saturated heterocycles. The molecule has 2 rings (SSSR count).